The van der Waals surface area contributed by atoms with Crippen LogP contribution in [0.5, 0.6) is 5.75 Å². The molecule has 0 saturated carbocycles. The van der Waals surface area contributed by atoms with Gasteiger partial charge in [0.05, 0.1) is 0 Å². The number of unbranched alkanes of at least 4 members (excludes halogenated alkanes) is 15. The number of carbonyl (C=O) groups excluding carboxylic acids is 3. The molecule has 2 aromatic rings. The molecule has 3 amide bonds. The summed E-state index contributed by atoms with van der Waals surface area (Å²) in [6.45, 7) is 4.34. The van der Waals surface area contributed by atoms with Crippen molar-refractivity contribution >= 4 is 23.6 Å². The molecule has 8 heteroatoms. The Morgan fingerprint density at radius 3 is 1.81 bits per heavy atom. The molecule has 0 atom stereocenters. The maximum Gasteiger partial charge on any atom is 0.412 e. The molecule has 0 aliphatic carbocycles. The number of amides is 3. The summed E-state index contributed by atoms with van der Waals surface area (Å²) >= 11 is 0. The van der Waals surface area contributed by atoms with E-state index in [0.717, 1.165) is 31.4 Å². The van der Waals surface area contributed by atoms with E-state index in [1.54, 1.807) is 30.3 Å². The Hall–Kier alpha value is -3.39. The number of aryl methyl sites for hydroxylation is 1. The molecule has 0 aromatic heterocycles. The average Bonchev–Trinajstić information content (AvgIpc) is 3.08. The van der Waals surface area contributed by atoms with Crippen LogP contribution in [0.4, 0.5) is 10.5 Å². The van der Waals surface area contributed by atoms with Crippen molar-refractivity contribution in [1.82, 2.24) is 15.5 Å². The number of hydrogen-bond donors (Lipinski definition) is 3. The lowest BCUT2D eigenvalue weighted by atomic mass is 10.0. The molecule has 0 spiro atoms. The smallest absolute Gasteiger partial charge is 0.410 e. The highest BCUT2D eigenvalue weighted by molar-refractivity contribution is 6.04. The first-order chi connectivity index (χ1) is 23.4. The van der Waals surface area contributed by atoms with Crippen LogP contribution in [0.15, 0.2) is 48.5 Å². The first kappa shape index (κ1) is 40.8. The maximum atomic E-state index is 12.7. The lowest BCUT2D eigenvalue weighted by Gasteiger charge is -2.14. The first-order valence-electron chi connectivity index (χ1n) is 18.8. The molecule has 0 saturated heterocycles. The summed E-state index contributed by atoms with van der Waals surface area (Å²) in [6.07, 6.45) is 21.9. The van der Waals surface area contributed by atoms with Gasteiger partial charge in [-0.25, -0.2) is 4.79 Å². The number of hydrogen-bond acceptors (Lipinski definition) is 5. The van der Waals surface area contributed by atoms with Crippen LogP contribution in [0.1, 0.15) is 138 Å². The zero-order valence-corrected chi connectivity index (χ0v) is 30.3. The molecule has 0 bridgehead atoms. The lowest BCUT2D eigenvalue weighted by molar-refractivity contribution is -0.121. The SMILES string of the molecule is CCCCCCCCCCCCCCCCCCNC(=O)Oc1cc(NC(=O)c2ccccc2)ccc1CCC(=O)NCCCN(C)C. The third-order valence-corrected chi connectivity index (χ3v) is 8.59. The van der Waals surface area contributed by atoms with Gasteiger partial charge in [0, 0.05) is 36.8 Å². The minimum absolute atomic E-state index is 0.0471. The Balaban J connectivity index is 1.70. The van der Waals surface area contributed by atoms with Gasteiger partial charge in [-0.1, -0.05) is 128 Å². The number of anilines is 1. The summed E-state index contributed by atoms with van der Waals surface area (Å²) in [5, 5.41) is 8.70. The largest absolute Gasteiger partial charge is 0.412 e. The van der Waals surface area contributed by atoms with Gasteiger partial charge in [-0.3, -0.25) is 9.59 Å². The number of rotatable bonds is 27. The molecular formula is C40H64N4O4. The molecule has 0 fully saturated rings. The maximum absolute atomic E-state index is 12.7. The van der Waals surface area contributed by atoms with Gasteiger partial charge in [0.1, 0.15) is 5.75 Å². The molecule has 0 unspecified atom stereocenters. The van der Waals surface area contributed by atoms with Gasteiger partial charge in [-0.05, 0) is 63.7 Å². The Kier molecular flexibility index (Phi) is 22.6. The average molecular weight is 665 g/mol. The number of nitrogens with zero attached hydrogens (tertiary/aromatic N) is 1. The van der Waals surface area contributed by atoms with E-state index in [0.29, 0.717) is 36.5 Å². The van der Waals surface area contributed by atoms with Gasteiger partial charge < -0.3 is 25.6 Å². The molecule has 0 aliphatic rings. The van der Waals surface area contributed by atoms with Crippen LogP contribution in [-0.2, 0) is 11.2 Å². The van der Waals surface area contributed by atoms with E-state index in [1.807, 2.05) is 32.3 Å². The molecule has 268 valence electrons. The quantitative estimate of drug-likeness (QED) is 0.0827. The highest BCUT2D eigenvalue weighted by Crippen LogP contribution is 2.26. The van der Waals surface area contributed by atoms with E-state index in [4.69, 9.17) is 4.74 Å². The van der Waals surface area contributed by atoms with Gasteiger partial charge in [-0.2, -0.15) is 0 Å². The topological polar surface area (TPSA) is 99.8 Å². The van der Waals surface area contributed by atoms with E-state index in [9.17, 15) is 14.4 Å². The van der Waals surface area contributed by atoms with E-state index in [2.05, 4.69) is 27.8 Å². The molecule has 48 heavy (non-hydrogen) atoms. The molecule has 0 heterocycles. The monoisotopic (exact) mass is 664 g/mol. The summed E-state index contributed by atoms with van der Waals surface area (Å²) in [5.74, 6) is 0.0409. The van der Waals surface area contributed by atoms with Crippen molar-refractivity contribution < 1.29 is 19.1 Å². The number of ether oxygens (including phenoxy) is 1. The summed E-state index contributed by atoms with van der Waals surface area (Å²) in [4.78, 5) is 40.0. The van der Waals surface area contributed by atoms with Gasteiger partial charge in [0.2, 0.25) is 5.91 Å². The first-order valence-corrected chi connectivity index (χ1v) is 18.8. The predicted octanol–water partition coefficient (Wildman–Crippen LogP) is 9.29. The van der Waals surface area contributed by atoms with Gasteiger partial charge in [-0.15, -0.1) is 0 Å². The number of nitrogens with one attached hydrogen (secondary N) is 3. The van der Waals surface area contributed by atoms with Crippen LogP contribution in [0.25, 0.3) is 0 Å². The highest BCUT2D eigenvalue weighted by Gasteiger charge is 2.14. The van der Waals surface area contributed by atoms with Crippen molar-refractivity contribution in [3.8, 4) is 5.75 Å². The molecule has 0 aliphatic heterocycles. The molecule has 2 rings (SSSR count). The summed E-state index contributed by atoms with van der Waals surface area (Å²) in [5.41, 5.74) is 1.78. The second-order valence-corrected chi connectivity index (χ2v) is 13.3. The van der Waals surface area contributed by atoms with E-state index < -0.39 is 6.09 Å². The summed E-state index contributed by atoms with van der Waals surface area (Å²) in [7, 11) is 4.01. The highest BCUT2D eigenvalue weighted by atomic mass is 16.6. The second-order valence-electron chi connectivity index (χ2n) is 13.3. The van der Waals surface area contributed by atoms with Crippen LogP contribution in [-0.4, -0.2) is 56.5 Å². The van der Waals surface area contributed by atoms with Crippen molar-refractivity contribution in [2.75, 3.05) is 39.0 Å². The van der Waals surface area contributed by atoms with E-state index in [1.165, 1.54) is 89.9 Å². The number of benzene rings is 2. The minimum atomic E-state index is -0.531. The van der Waals surface area contributed by atoms with Crippen LogP contribution < -0.4 is 20.7 Å². The van der Waals surface area contributed by atoms with Gasteiger partial charge in [0.15, 0.2) is 0 Å². The van der Waals surface area contributed by atoms with Gasteiger partial charge >= 0.3 is 6.09 Å². The fourth-order valence-electron chi connectivity index (χ4n) is 5.69. The molecule has 0 radical (unpaired) electrons. The Morgan fingerprint density at radius 2 is 1.23 bits per heavy atom. The predicted molar refractivity (Wildman–Crippen MR) is 199 cm³/mol. The van der Waals surface area contributed by atoms with Crippen molar-refractivity contribution in [2.24, 2.45) is 0 Å². The number of carbonyl (C=O) groups is 3. The zero-order chi connectivity index (χ0) is 34.7. The van der Waals surface area contributed by atoms with Crippen molar-refractivity contribution in [3.05, 3.63) is 59.7 Å². The lowest BCUT2D eigenvalue weighted by Crippen LogP contribution is -2.28. The normalized spacial score (nSPS) is 11.0. The third-order valence-electron chi connectivity index (χ3n) is 8.59. The van der Waals surface area contributed by atoms with Crippen molar-refractivity contribution in [2.45, 2.75) is 129 Å². The standard InChI is InChI=1S/C40H64N4O4/c1-4-5-6-7-8-9-10-11-12-13-14-15-16-17-18-22-30-42-40(47)48-37-33-36(43-39(46)35-24-20-19-21-25-35)28-26-34(37)27-29-38(45)41-31-23-32-44(2)3/h19-21,24-26,28,33H,4-18,22-23,27,29-32H2,1-3H3,(H,41,45)(H,42,47)(H,43,46). The Morgan fingerprint density at radius 1 is 0.667 bits per heavy atom. The van der Waals surface area contributed by atoms with Crippen molar-refractivity contribution in [3.63, 3.8) is 0 Å². The van der Waals surface area contributed by atoms with E-state index in [-0.39, 0.29) is 18.2 Å². The van der Waals surface area contributed by atoms with Crippen LogP contribution in [0, 0.1) is 0 Å². The summed E-state index contributed by atoms with van der Waals surface area (Å²) < 4.78 is 5.72. The molecule has 3 N–H and O–H groups in total. The zero-order valence-electron chi connectivity index (χ0n) is 30.3. The Labute approximate surface area is 291 Å². The molecule has 8 nitrogen and oxygen atoms in total. The second kappa shape index (κ2) is 26.6. The van der Waals surface area contributed by atoms with Crippen molar-refractivity contribution in [1.29, 1.82) is 0 Å². The molecular weight excluding hydrogens is 600 g/mol. The van der Waals surface area contributed by atoms with Crippen LogP contribution in [0.2, 0.25) is 0 Å². The van der Waals surface area contributed by atoms with Crippen LogP contribution in [0.3, 0.4) is 0 Å². The van der Waals surface area contributed by atoms with Crippen LogP contribution >= 0.6 is 0 Å². The fraction of sp³-hybridized carbons (Fsp3) is 0.625. The molecule has 2 aromatic carbocycles. The Bertz CT molecular complexity index is 1160. The fourth-order valence-corrected chi connectivity index (χ4v) is 5.69. The van der Waals surface area contributed by atoms with E-state index >= 15 is 0 Å². The third kappa shape index (κ3) is 20.1. The summed E-state index contributed by atoms with van der Waals surface area (Å²) in [6, 6.07) is 14.2. The van der Waals surface area contributed by atoms with Gasteiger partial charge in [0.25, 0.3) is 5.91 Å². The minimum Gasteiger partial charge on any atom is -0.410 e.